The minimum Gasteiger partial charge on any atom is -0.324 e. The first kappa shape index (κ1) is 12.3. The van der Waals surface area contributed by atoms with Crippen LogP contribution in [0.5, 0.6) is 0 Å². The summed E-state index contributed by atoms with van der Waals surface area (Å²) in [6.07, 6.45) is 1.68. The standard InChI is InChI=1S/C16H15F2N/c1-9-5-6-13(16(18)15(9)17)10-3-2-4-12-11(10)7-8-14(12)19/h2-6,14H,7-8,19H2,1H3. The molecule has 0 bridgehead atoms. The highest BCUT2D eigenvalue weighted by Gasteiger charge is 2.23. The van der Waals surface area contributed by atoms with Gasteiger partial charge in [0.2, 0.25) is 0 Å². The monoisotopic (exact) mass is 259 g/mol. The second-order valence-electron chi connectivity index (χ2n) is 5.08. The van der Waals surface area contributed by atoms with Crippen molar-refractivity contribution in [1.82, 2.24) is 0 Å². The van der Waals surface area contributed by atoms with Gasteiger partial charge in [-0.1, -0.05) is 30.3 Å². The van der Waals surface area contributed by atoms with E-state index in [4.69, 9.17) is 5.73 Å². The highest BCUT2D eigenvalue weighted by molar-refractivity contribution is 5.71. The zero-order valence-corrected chi connectivity index (χ0v) is 10.7. The summed E-state index contributed by atoms with van der Waals surface area (Å²) in [5.74, 6) is -1.54. The van der Waals surface area contributed by atoms with Gasteiger partial charge in [-0.3, -0.25) is 0 Å². The van der Waals surface area contributed by atoms with E-state index in [0.717, 1.165) is 29.5 Å². The zero-order valence-electron chi connectivity index (χ0n) is 10.7. The van der Waals surface area contributed by atoms with Crippen LogP contribution in [0.1, 0.15) is 29.2 Å². The summed E-state index contributed by atoms with van der Waals surface area (Å²) < 4.78 is 27.8. The first-order valence-corrected chi connectivity index (χ1v) is 6.42. The van der Waals surface area contributed by atoms with Crippen LogP contribution in [0.2, 0.25) is 0 Å². The molecule has 98 valence electrons. The normalized spacial score (nSPS) is 17.6. The summed E-state index contributed by atoms with van der Waals surface area (Å²) in [6, 6.07) is 8.93. The third-order valence-electron chi connectivity index (χ3n) is 3.88. The van der Waals surface area contributed by atoms with Crippen molar-refractivity contribution in [3.63, 3.8) is 0 Å². The highest BCUT2D eigenvalue weighted by atomic mass is 19.2. The summed E-state index contributed by atoms with van der Waals surface area (Å²) in [6.45, 7) is 1.56. The topological polar surface area (TPSA) is 26.0 Å². The van der Waals surface area contributed by atoms with Crippen molar-refractivity contribution in [3.05, 3.63) is 58.7 Å². The lowest BCUT2D eigenvalue weighted by molar-refractivity contribution is 0.505. The van der Waals surface area contributed by atoms with Crippen molar-refractivity contribution in [3.8, 4) is 11.1 Å². The Kier molecular flexibility index (Phi) is 2.86. The second-order valence-corrected chi connectivity index (χ2v) is 5.08. The number of nitrogens with two attached hydrogens (primary N) is 1. The molecule has 2 aromatic rings. The number of halogens is 2. The number of fused-ring (bicyclic) bond motifs is 1. The molecule has 1 unspecified atom stereocenters. The van der Waals surface area contributed by atoms with Crippen LogP contribution in [0, 0.1) is 18.6 Å². The maximum absolute atomic E-state index is 14.1. The zero-order chi connectivity index (χ0) is 13.6. The predicted molar refractivity (Wildman–Crippen MR) is 71.8 cm³/mol. The van der Waals surface area contributed by atoms with Gasteiger partial charge in [-0.2, -0.15) is 0 Å². The van der Waals surface area contributed by atoms with Gasteiger partial charge in [-0.05, 0) is 42.0 Å². The van der Waals surface area contributed by atoms with Crippen molar-refractivity contribution in [1.29, 1.82) is 0 Å². The average molecular weight is 259 g/mol. The van der Waals surface area contributed by atoms with E-state index in [1.165, 1.54) is 0 Å². The molecule has 3 heteroatoms. The second kappa shape index (κ2) is 4.42. The molecule has 0 heterocycles. The Hall–Kier alpha value is -1.74. The highest BCUT2D eigenvalue weighted by Crippen LogP contribution is 2.37. The fraction of sp³-hybridized carbons (Fsp3) is 0.250. The minimum absolute atomic E-state index is 0.00769. The quantitative estimate of drug-likeness (QED) is 0.826. The molecule has 2 N–H and O–H groups in total. The van der Waals surface area contributed by atoms with Gasteiger partial charge in [0.25, 0.3) is 0 Å². The van der Waals surface area contributed by atoms with Crippen LogP contribution >= 0.6 is 0 Å². The smallest absolute Gasteiger partial charge is 0.166 e. The summed E-state index contributed by atoms with van der Waals surface area (Å²) in [4.78, 5) is 0. The molecule has 19 heavy (non-hydrogen) atoms. The summed E-state index contributed by atoms with van der Waals surface area (Å²) in [5, 5.41) is 0. The Morgan fingerprint density at radius 3 is 2.63 bits per heavy atom. The Morgan fingerprint density at radius 1 is 1.05 bits per heavy atom. The van der Waals surface area contributed by atoms with E-state index in [-0.39, 0.29) is 6.04 Å². The molecular formula is C16H15F2N. The molecule has 0 amide bonds. The summed E-state index contributed by atoms with van der Waals surface area (Å²) >= 11 is 0. The Labute approximate surface area is 111 Å². The van der Waals surface area contributed by atoms with Gasteiger partial charge >= 0.3 is 0 Å². The molecule has 1 aliphatic rings. The fourth-order valence-corrected chi connectivity index (χ4v) is 2.79. The third kappa shape index (κ3) is 1.85. The van der Waals surface area contributed by atoms with Gasteiger partial charge in [-0.15, -0.1) is 0 Å². The summed E-state index contributed by atoms with van der Waals surface area (Å²) in [7, 11) is 0. The molecule has 2 aromatic carbocycles. The van der Waals surface area contributed by atoms with Gasteiger partial charge in [-0.25, -0.2) is 8.78 Å². The summed E-state index contributed by atoms with van der Waals surface area (Å²) in [5.41, 5.74) is 9.54. The SMILES string of the molecule is Cc1ccc(-c2cccc3c2CCC3N)c(F)c1F. The molecule has 3 rings (SSSR count). The molecule has 0 radical (unpaired) electrons. The number of benzene rings is 2. The maximum atomic E-state index is 14.1. The third-order valence-corrected chi connectivity index (χ3v) is 3.88. The number of aryl methyl sites for hydroxylation is 1. The van der Waals surface area contributed by atoms with Gasteiger partial charge in [0.05, 0.1) is 0 Å². The van der Waals surface area contributed by atoms with E-state index < -0.39 is 11.6 Å². The van der Waals surface area contributed by atoms with Crippen LogP contribution in [0.15, 0.2) is 30.3 Å². The molecule has 1 aliphatic carbocycles. The Morgan fingerprint density at radius 2 is 1.84 bits per heavy atom. The molecule has 0 fully saturated rings. The predicted octanol–water partition coefficient (Wildman–Crippen LogP) is 3.89. The number of hydrogen-bond acceptors (Lipinski definition) is 1. The van der Waals surface area contributed by atoms with E-state index in [9.17, 15) is 8.78 Å². The van der Waals surface area contributed by atoms with Gasteiger partial charge < -0.3 is 5.73 Å². The van der Waals surface area contributed by atoms with Crippen LogP contribution in [-0.2, 0) is 6.42 Å². The van der Waals surface area contributed by atoms with E-state index >= 15 is 0 Å². The first-order valence-electron chi connectivity index (χ1n) is 6.42. The van der Waals surface area contributed by atoms with Crippen molar-refractivity contribution in [2.24, 2.45) is 5.73 Å². The molecule has 0 saturated heterocycles. The van der Waals surface area contributed by atoms with Gasteiger partial charge in [0, 0.05) is 11.6 Å². The maximum Gasteiger partial charge on any atom is 0.166 e. The molecule has 0 aromatic heterocycles. The largest absolute Gasteiger partial charge is 0.324 e. The number of rotatable bonds is 1. The van der Waals surface area contributed by atoms with Gasteiger partial charge in [0.15, 0.2) is 11.6 Å². The van der Waals surface area contributed by atoms with Crippen LogP contribution in [0.4, 0.5) is 8.78 Å². The van der Waals surface area contributed by atoms with Gasteiger partial charge in [0.1, 0.15) is 0 Å². The fourth-order valence-electron chi connectivity index (χ4n) is 2.79. The van der Waals surface area contributed by atoms with E-state index in [2.05, 4.69) is 0 Å². The lowest BCUT2D eigenvalue weighted by Crippen LogP contribution is -2.05. The minimum atomic E-state index is -0.770. The Balaban J connectivity index is 2.22. The van der Waals surface area contributed by atoms with Crippen LogP contribution in [0.25, 0.3) is 11.1 Å². The van der Waals surface area contributed by atoms with Crippen molar-refractivity contribution >= 4 is 0 Å². The van der Waals surface area contributed by atoms with E-state index in [1.54, 1.807) is 19.1 Å². The molecule has 1 nitrogen and oxygen atoms in total. The van der Waals surface area contributed by atoms with Crippen LogP contribution in [0.3, 0.4) is 0 Å². The van der Waals surface area contributed by atoms with Crippen molar-refractivity contribution in [2.45, 2.75) is 25.8 Å². The molecule has 1 atom stereocenters. The van der Waals surface area contributed by atoms with Crippen LogP contribution < -0.4 is 5.73 Å². The molecule has 0 spiro atoms. The average Bonchev–Trinajstić information content (AvgIpc) is 2.79. The molecule has 0 aliphatic heterocycles. The van der Waals surface area contributed by atoms with Crippen molar-refractivity contribution in [2.75, 3.05) is 0 Å². The van der Waals surface area contributed by atoms with E-state index in [0.29, 0.717) is 11.1 Å². The Bertz CT molecular complexity index is 649. The first-order chi connectivity index (χ1) is 9.09. The number of hydrogen-bond donors (Lipinski definition) is 1. The van der Waals surface area contributed by atoms with E-state index in [1.807, 2.05) is 18.2 Å². The molecular weight excluding hydrogens is 244 g/mol. The molecule has 0 saturated carbocycles. The lowest BCUT2D eigenvalue weighted by Gasteiger charge is -2.12. The van der Waals surface area contributed by atoms with Crippen LogP contribution in [-0.4, -0.2) is 0 Å². The lowest BCUT2D eigenvalue weighted by atomic mass is 9.95. The van der Waals surface area contributed by atoms with Crippen molar-refractivity contribution < 1.29 is 8.78 Å².